The third-order valence-corrected chi connectivity index (χ3v) is 7.07. The minimum Gasteiger partial charge on any atom is -0.494 e. The summed E-state index contributed by atoms with van der Waals surface area (Å²) in [5, 5.41) is 12.0. The van der Waals surface area contributed by atoms with E-state index in [2.05, 4.69) is 5.32 Å². The number of ether oxygens (including phenoxy) is 2. The number of rotatable bonds is 12. The number of aliphatic hydroxyl groups is 1. The molecule has 0 saturated heterocycles. The topological polar surface area (TPSA) is 80.2 Å². The van der Waals surface area contributed by atoms with E-state index in [-0.39, 0.29) is 31.3 Å². The van der Waals surface area contributed by atoms with Crippen molar-refractivity contribution in [1.82, 2.24) is 5.32 Å². The molecule has 0 spiro atoms. The molecule has 1 heterocycles. The molecule has 0 saturated carbocycles. The van der Waals surface area contributed by atoms with Crippen LogP contribution >= 0.6 is 0 Å². The van der Waals surface area contributed by atoms with Crippen LogP contribution in [0.5, 0.6) is 5.75 Å². The fourth-order valence-electron chi connectivity index (χ4n) is 4.85. The van der Waals surface area contributed by atoms with Gasteiger partial charge >= 0.3 is 0 Å². The zero-order valence-corrected chi connectivity index (χ0v) is 23.2. The lowest BCUT2D eigenvalue weighted by Crippen LogP contribution is -2.47. The number of carbonyl (C=O) groups excluding carboxylic acids is 1. The summed E-state index contributed by atoms with van der Waals surface area (Å²) in [6, 6.07) is 33.0. The van der Waals surface area contributed by atoms with Crippen LogP contribution in [0.15, 0.2) is 120 Å². The highest BCUT2D eigenvalue weighted by Crippen LogP contribution is 2.43. The highest BCUT2D eigenvalue weighted by atomic mass is 19.1. The third kappa shape index (κ3) is 6.75. The number of halogens is 1. The lowest BCUT2D eigenvalue weighted by Gasteiger charge is -2.30. The lowest BCUT2D eigenvalue weighted by atomic mass is 9.84. The van der Waals surface area contributed by atoms with Crippen LogP contribution in [-0.2, 0) is 16.1 Å². The van der Waals surface area contributed by atoms with Crippen LogP contribution in [0.25, 0.3) is 6.08 Å². The highest BCUT2D eigenvalue weighted by Gasteiger charge is 2.52. The fourth-order valence-corrected chi connectivity index (χ4v) is 4.85. The van der Waals surface area contributed by atoms with Crippen molar-refractivity contribution in [3.63, 3.8) is 0 Å². The molecule has 0 radical (unpaired) electrons. The van der Waals surface area contributed by atoms with Crippen LogP contribution in [0.3, 0.4) is 0 Å². The first-order chi connectivity index (χ1) is 20.6. The van der Waals surface area contributed by atoms with E-state index in [1.54, 1.807) is 18.2 Å². The van der Waals surface area contributed by atoms with E-state index >= 15 is 0 Å². The van der Waals surface area contributed by atoms with Gasteiger partial charge in [0, 0.05) is 37.1 Å². The maximum atomic E-state index is 14.4. The summed E-state index contributed by atoms with van der Waals surface area (Å²) in [6.45, 7) is 0.480. The standard InChI is InChI=1S/C35H33FN2O4/c36-31-17-8-7-16-29(31)25-37-34(40)35(22-9-13-26-11-3-1-4-12-26)32(27-14-5-2-6-15-27)42-33(38-35)28-18-20-30(21-19-28)41-24-10-23-39/h1-9,11-21,32,39H,10,22-25H2,(H,37,40)/b13-9+/t32-,35-/m1/s1. The van der Waals surface area contributed by atoms with Crippen LogP contribution in [0.1, 0.15) is 41.2 Å². The van der Waals surface area contributed by atoms with Crippen molar-refractivity contribution < 1.29 is 23.8 Å². The van der Waals surface area contributed by atoms with Gasteiger partial charge in [-0.1, -0.05) is 91.0 Å². The molecule has 42 heavy (non-hydrogen) atoms. The van der Waals surface area contributed by atoms with E-state index in [4.69, 9.17) is 19.6 Å². The summed E-state index contributed by atoms with van der Waals surface area (Å²) in [4.78, 5) is 19.1. The maximum absolute atomic E-state index is 14.4. The number of hydrogen-bond acceptors (Lipinski definition) is 5. The van der Waals surface area contributed by atoms with E-state index in [1.165, 1.54) is 6.07 Å². The molecule has 4 aromatic rings. The van der Waals surface area contributed by atoms with Crippen molar-refractivity contribution >= 4 is 17.9 Å². The molecule has 6 nitrogen and oxygen atoms in total. The van der Waals surface area contributed by atoms with Crippen molar-refractivity contribution in [2.24, 2.45) is 4.99 Å². The summed E-state index contributed by atoms with van der Waals surface area (Å²) >= 11 is 0. The second-order valence-electron chi connectivity index (χ2n) is 9.99. The number of nitrogens with zero attached hydrogens (tertiary/aromatic N) is 1. The van der Waals surface area contributed by atoms with Crippen molar-refractivity contribution in [2.75, 3.05) is 13.2 Å². The third-order valence-electron chi connectivity index (χ3n) is 7.07. The fraction of sp³-hybridized carbons (Fsp3) is 0.200. The van der Waals surface area contributed by atoms with Gasteiger partial charge < -0.3 is 19.9 Å². The Labute approximate surface area is 245 Å². The molecule has 0 aliphatic carbocycles. The zero-order chi connectivity index (χ0) is 29.2. The smallest absolute Gasteiger partial charge is 0.252 e. The molecule has 214 valence electrons. The van der Waals surface area contributed by atoms with Gasteiger partial charge in [-0.3, -0.25) is 4.79 Å². The van der Waals surface area contributed by atoms with Crippen LogP contribution in [0.4, 0.5) is 4.39 Å². The summed E-state index contributed by atoms with van der Waals surface area (Å²) in [5.41, 5.74) is 1.52. The molecule has 1 amide bonds. The normalized spacial score (nSPS) is 18.0. The molecule has 4 aromatic carbocycles. The molecule has 0 fully saturated rings. The highest BCUT2D eigenvalue weighted by molar-refractivity contribution is 6.01. The van der Waals surface area contributed by atoms with Crippen LogP contribution in [0.2, 0.25) is 0 Å². The SMILES string of the molecule is O=C(NCc1ccccc1F)[C@]1(C/C=C/c2ccccc2)N=C(c2ccc(OCCCO)cc2)O[C@@H]1c1ccccc1. The van der Waals surface area contributed by atoms with E-state index in [1.807, 2.05) is 97.1 Å². The average Bonchev–Trinajstić information content (AvgIpc) is 3.43. The maximum Gasteiger partial charge on any atom is 0.252 e. The number of nitrogens with one attached hydrogen (secondary N) is 1. The quantitative estimate of drug-likeness (QED) is 0.199. The van der Waals surface area contributed by atoms with Gasteiger partial charge in [-0.15, -0.1) is 0 Å². The van der Waals surface area contributed by atoms with E-state index in [0.717, 1.165) is 11.1 Å². The van der Waals surface area contributed by atoms with Gasteiger partial charge in [-0.25, -0.2) is 9.38 Å². The predicted octanol–water partition coefficient (Wildman–Crippen LogP) is 6.26. The number of benzene rings is 4. The van der Waals surface area contributed by atoms with Crippen LogP contribution < -0.4 is 10.1 Å². The Morgan fingerprint density at radius 2 is 1.64 bits per heavy atom. The van der Waals surface area contributed by atoms with E-state index in [0.29, 0.717) is 35.8 Å². The second-order valence-corrected chi connectivity index (χ2v) is 9.99. The van der Waals surface area contributed by atoms with Gasteiger partial charge in [0.05, 0.1) is 6.61 Å². The molecule has 1 aliphatic rings. The van der Waals surface area contributed by atoms with Crippen LogP contribution in [0, 0.1) is 5.82 Å². The molecule has 0 bridgehead atoms. The number of amides is 1. The zero-order valence-electron chi connectivity index (χ0n) is 23.2. The second kappa shape index (κ2) is 13.7. The molecule has 7 heteroatoms. The molecule has 0 aromatic heterocycles. The van der Waals surface area contributed by atoms with Gasteiger partial charge in [0.25, 0.3) is 5.91 Å². The largest absolute Gasteiger partial charge is 0.494 e. The van der Waals surface area contributed by atoms with Crippen molar-refractivity contribution in [3.05, 3.63) is 143 Å². The molecule has 0 unspecified atom stereocenters. The number of carbonyl (C=O) groups is 1. The number of hydrogen-bond donors (Lipinski definition) is 2. The Morgan fingerprint density at radius 3 is 2.36 bits per heavy atom. The molecule has 2 atom stereocenters. The first kappa shape index (κ1) is 28.8. The Morgan fingerprint density at radius 1 is 0.952 bits per heavy atom. The summed E-state index contributed by atoms with van der Waals surface area (Å²) in [5.74, 6) is 0.241. The average molecular weight is 565 g/mol. The number of aliphatic imine (C=N–C) groups is 1. The molecular formula is C35H33FN2O4. The minimum atomic E-state index is -1.36. The summed E-state index contributed by atoms with van der Waals surface area (Å²) in [6.07, 6.45) is 3.95. The van der Waals surface area contributed by atoms with Crippen LogP contribution in [-0.4, -0.2) is 35.7 Å². The van der Waals surface area contributed by atoms with Crippen molar-refractivity contribution in [2.45, 2.75) is 31.0 Å². The molecular weight excluding hydrogens is 531 g/mol. The van der Waals surface area contributed by atoms with E-state index in [9.17, 15) is 9.18 Å². The lowest BCUT2D eigenvalue weighted by molar-refractivity contribution is -0.129. The van der Waals surface area contributed by atoms with Gasteiger partial charge in [-0.05, 0) is 41.5 Å². The number of aliphatic hydroxyl groups excluding tert-OH is 1. The van der Waals surface area contributed by atoms with Crippen molar-refractivity contribution in [3.8, 4) is 5.75 Å². The van der Waals surface area contributed by atoms with Gasteiger partial charge in [0.1, 0.15) is 11.6 Å². The molecule has 5 rings (SSSR count). The Bertz CT molecular complexity index is 1520. The summed E-state index contributed by atoms with van der Waals surface area (Å²) < 4.78 is 26.6. The Hall–Kier alpha value is -4.75. The van der Waals surface area contributed by atoms with Gasteiger partial charge in [-0.2, -0.15) is 0 Å². The molecule has 1 aliphatic heterocycles. The molecule has 2 N–H and O–H groups in total. The van der Waals surface area contributed by atoms with Gasteiger partial charge in [0.15, 0.2) is 11.6 Å². The van der Waals surface area contributed by atoms with E-state index < -0.39 is 11.6 Å². The van der Waals surface area contributed by atoms with Gasteiger partial charge in [0.2, 0.25) is 5.90 Å². The first-order valence-corrected chi connectivity index (χ1v) is 14.0. The summed E-state index contributed by atoms with van der Waals surface area (Å²) in [7, 11) is 0. The first-order valence-electron chi connectivity index (χ1n) is 14.0. The predicted molar refractivity (Wildman–Crippen MR) is 162 cm³/mol. The Kier molecular flexibility index (Phi) is 9.41. The van der Waals surface area contributed by atoms with Crippen molar-refractivity contribution in [1.29, 1.82) is 0 Å². The Balaban J connectivity index is 1.51. The monoisotopic (exact) mass is 564 g/mol. The minimum absolute atomic E-state index is 0.0158.